The lowest BCUT2D eigenvalue weighted by Crippen LogP contribution is -2.24. The predicted molar refractivity (Wildman–Crippen MR) is 106 cm³/mol. The number of rotatable bonds is 3. The first-order valence-corrected chi connectivity index (χ1v) is 9.80. The summed E-state index contributed by atoms with van der Waals surface area (Å²) in [6, 6.07) is 6.52. The van der Waals surface area contributed by atoms with E-state index in [1.807, 2.05) is 0 Å². The van der Waals surface area contributed by atoms with Crippen molar-refractivity contribution in [1.82, 2.24) is 9.13 Å². The highest BCUT2D eigenvalue weighted by Crippen LogP contribution is 2.21. The zero-order valence-corrected chi connectivity index (χ0v) is 16.4. The maximum absolute atomic E-state index is 12.9. The van der Waals surface area contributed by atoms with E-state index >= 15 is 0 Å². The average molecular weight is 414 g/mol. The second-order valence-corrected chi connectivity index (χ2v) is 8.31. The van der Waals surface area contributed by atoms with Gasteiger partial charge in [0.05, 0.1) is 39.2 Å². The van der Waals surface area contributed by atoms with Gasteiger partial charge in [0, 0.05) is 7.05 Å². The summed E-state index contributed by atoms with van der Waals surface area (Å²) in [4.78, 5) is 50.0. The van der Waals surface area contributed by atoms with Crippen LogP contribution in [0.4, 0.5) is 0 Å². The van der Waals surface area contributed by atoms with Crippen molar-refractivity contribution in [2.45, 2.75) is 11.8 Å². The molecule has 0 saturated heterocycles. The molecular formula is C19H14N2O7S. The quantitative estimate of drug-likeness (QED) is 0.435. The van der Waals surface area contributed by atoms with Crippen LogP contribution in [0.5, 0.6) is 0 Å². The van der Waals surface area contributed by atoms with E-state index in [1.54, 1.807) is 6.92 Å². The van der Waals surface area contributed by atoms with Crippen LogP contribution in [0.2, 0.25) is 0 Å². The molecule has 0 unspecified atom stereocenters. The van der Waals surface area contributed by atoms with E-state index in [4.69, 9.17) is 0 Å². The van der Waals surface area contributed by atoms with Crippen molar-refractivity contribution in [2.75, 3.05) is 7.11 Å². The first kappa shape index (κ1) is 19.0. The summed E-state index contributed by atoms with van der Waals surface area (Å²) in [6.07, 6.45) is 0. The van der Waals surface area contributed by atoms with Crippen molar-refractivity contribution in [3.63, 3.8) is 0 Å². The fourth-order valence-corrected chi connectivity index (χ4v) is 4.32. The van der Waals surface area contributed by atoms with Crippen LogP contribution in [0.15, 0.2) is 54.4 Å². The molecule has 0 bridgehead atoms. The van der Waals surface area contributed by atoms with Gasteiger partial charge in [0.15, 0.2) is 0 Å². The minimum atomic E-state index is -4.06. The molecule has 29 heavy (non-hydrogen) atoms. The van der Waals surface area contributed by atoms with E-state index < -0.39 is 32.4 Å². The van der Waals surface area contributed by atoms with E-state index in [0.29, 0.717) is 5.56 Å². The molecule has 9 nitrogen and oxygen atoms in total. The van der Waals surface area contributed by atoms with Crippen LogP contribution in [0.3, 0.4) is 0 Å². The van der Waals surface area contributed by atoms with Crippen molar-refractivity contribution in [1.29, 1.82) is 0 Å². The maximum atomic E-state index is 12.9. The Morgan fingerprint density at radius 2 is 1.28 bits per heavy atom. The van der Waals surface area contributed by atoms with E-state index in [2.05, 4.69) is 4.18 Å². The number of hydrogen-bond donors (Lipinski definition) is 0. The summed E-state index contributed by atoms with van der Waals surface area (Å²) in [5.74, 6) is 0. The molecule has 0 atom stereocenters. The fourth-order valence-electron chi connectivity index (χ4n) is 3.42. The number of aryl methyl sites for hydroxylation is 1. The predicted octanol–water partition coefficient (Wildman–Crippen LogP) is 0.0821. The molecule has 0 spiro atoms. The Labute approximate surface area is 162 Å². The molecule has 0 radical (unpaired) electrons. The van der Waals surface area contributed by atoms with Gasteiger partial charge in [-0.15, -0.1) is 0 Å². The lowest BCUT2D eigenvalue weighted by Gasteiger charge is -2.08. The first-order valence-electron chi connectivity index (χ1n) is 8.39. The summed E-state index contributed by atoms with van der Waals surface area (Å²) in [6.45, 7) is 1.55. The summed E-state index contributed by atoms with van der Waals surface area (Å²) < 4.78 is 30.5. The number of hydrogen-bond acceptors (Lipinski definition) is 7. The van der Waals surface area contributed by atoms with Crippen LogP contribution >= 0.6 is 0 Å². The third kappa shape index (κ3) is 2.53. The molecule has 148 valence electrons. The van der Waals surface area contributed by atoms with Crippen LogP contribution in [-0.2, 0) is 21.3 Å². The second-order valence-electron chi connectivity index (χ2n) is 6.63. The molecule has 4 aromatic rings. The van der Waals surface area contributed by atoms with Gasteiger partial charge in [-0.2, -0.15) is 8.42 Å². The van der Waals surface area contributed by atoms with Gasteiger partial charge in [-0.05, 0) is 36.8 Å². The molecule has 2 aromatic heterocycles. The highest BCUT2D eigenvalue weighted by Gasteiger charge is 2.22. The summed E-state index contributed by atoms with van der Waals surface area (Å²) in [5, 5.41) is 0.0421. The van der Waals surface area contributed by atoms with Crippen molar-refractivity contribution in [2.24, 2.45) is 7.05 Å². The molecule has 0 aliphatic heterocycles. The average Bonchev–Trinajstić information content (AvgIpc) is 3.06. The molecule has 4 rings (SSSR count). The lowest BCUT2D eigenvalue weighted by molar-refractivity contribution is 0.397. The molecule has 0 aliphatic rings. The molecule has 0 saturated carbocycles. The van der Waals surface area contributed by atoms with Crippen LogP contribution in [-0.4, -0.2) is 24.7 Å². The second kappa shape index (κ2) is 6.06. The summed E-state index contributed by atoms with van der Waals surface area (Å²) >= 11 is 0. The third-order valence-electron chi connectivity index (χ3n) is 5.01. The monoisotopic (exact) mass is 414 g/mol. The van der Waals surface area contributed by atoms with Crippen molar-refractivity contribution in [3.8, 4) is 5.69 Å². The van der Waals surface area contributed by atoms with Crippen LogP contribution in [0, 0.1) is 6.92 Å². The smallest absolute Gasteiger partial charge is 0.277 e. The Morgan fingerprint density at radius 3 is 1.76 bits per heavy atom. The van der Waals surface area contributed by atoms with Gasteiger partial charge < -0.3 is 0 Å². The third-order valence-corrected chi connectivity index (χ3v) is 6.43. The van der Waals surface area contributed by atoms with Crippen LogP contribution in [0.25, 0.3) is 27.2 Å². The van der Waals surface area contributed by atoms with Crippen LogP contribution < -0.4 is 22.2 Å². The minimum Gasteiger partial charge on any atom is -0.277 e. The normalized spacial score (nSPS) is 12.2. The molecule has 2 heterocycles. The van der Waals surface area contributed by atoms with Crippen molar-refractivity contribution < 1.29 is 12.6 Å². The van der Waals surface area contributed by atoms with Gasteiger partial charge in [0.1, 0.15) is 0 Å². The zero-order valence-electron chi connectivity index (χ0n) is 15.5. The largest absolute Gasteiger partial charge is 0.297 e. The van der Waals surface area contributed by atoms with Crippen LogP contribution in [0.1, 0.15) is 5.56 Å². The van der Waals surface area contributed by atoms with Gasteiger partial charge in [-0.3, -0.25) is 27.9 Å². The lowest BCUT2D eigenvalue weighted by atomic mass is 10.1. The minimum absolute atomic E-state index is 0.0260. The van der Waals surface area contributed by atoms with E-state index in [1.165, 1.54) is 37.4 Å². The standard InChI is InChI=1S/C19H14N2O7S/c1-9-4-5-10(6-15(9)29(26,27)28-3)21-18(24)13-7-11-12(8-14(13)19(21)25)17(23)20(2)16(11)22/h4-8H,1-3H3. The molecule has 0 aliphatic carbocycles. The Hall–Kier alpha value is -3.37. The number of aromatic nitrogens is 2. The first-order chi connectivity index (χ1) is 13.6. The van der Waals surface area contributed by atoms with E-state index in [0.717, 1.165) is 16.2 Å². The summed E-state index contributed by atoms with van der Waals surface area (Å²) in [5.41, 5.74) is -2.14. The SMILES string of the molecule is COS(=O)(=O)c1cc(-n2c(=O)c3cc4c(=O)n(C)c(=O)c4cc3c2=O)ccc1C. The van der Waals surface area contributed by atoms with Gasteiger partial charge in [0.25, 0.3) is 32.4 Å². The summed E-state index contributed by atoms with van der Waals surface area (Å²) in [7, 11) is -1.73. The highest BCUT2D eigenvalue weighted by molar-refractivity contribution is 7.86. The fraction of sp³-hybridized carbons (Fsp3) is 0.158. The van der Waals surface area contributed by atoms with Gasteiger partial charge in [-0.1, -0.05) is 6.07 Å². The number of nitrogens with zero attached hydrogens (tertiary/aromatic N) is 2. The molecule has 2 aromatic carbocycles. The Bertz CT molecular complexity index is 1570. The Kier molecular flexibility index (Phi) is 3.97. The molecule has 10 heteroatoms. The maximum Gasteiger partial charge on any atom is 0.297 e. The molecule has 0 N–H and O–H groups in total. The van der Waals surface area contributed by atoms with Gasteiger partial charge >= 0.3 is 0 Å². The van der Waals surface area contributed by atoms with Crippen molar-refractivity contribution >= 4 is 31.7 Å². The van der Waals surface area contributed by atoms with E-state index in [9.17, 15) is 27.6 Å². The highest BCUT2D eigenvalue weighted by atomic mass is 32.2. The number of fused-ring (bicyclic) bond motifs is 2. The Morgan fingerprint density at radius 1 is 0.793 bits per heavy atom. The molecule has 0 fully saturated rings. The molecular weight excluding hydrogens is 400 g/mol. The van der Waals surface area contributed by atoms with Gasteiger partial charge in [0.2, 0.25) is 0 Å². The topological polar surface area (TPSA) is 122 Å². The number of benzene rings is 2. The molecule has 0 amide bonds. The van der Waals surface area contributed by atoms with Crippen molar-refractivity contribution in [3.05, 3.63) is 77.3 Å². The Balaban J connectivity index is 2.10. The zero-order chi connectivity index (χ0) is 21.2. The van der Waals surface area contributed by atoms with E-state index in [-0.39, 0.29) is 32.1 Å². The van der Waals surface area contributed by atoms with Gasteiger partial charge in [-0.25, -0.2) is 4.57 Å².